The molecular weight excluding hydrogens is 244 g/mol. The van der Waals surface area contributed by atoms with Crippen molar-refractivity contribution in [3.05, 3.63) is 34.4 Å². The Kier molecular flexibility index (Phi) is 8.25. The molecule has 1 heteroatoms. The molecule has 0 aliphatic heterocycles. The average molecular weight is 274 g/mol. The van der Waals surface area contributed by atoms with Crippen LogP contribution in [0.2, 0.25) is 0 Å². The molecule has 0 aromatic heterocycles. The fourth-order valence-corrected chi connectivity index (χ4v) is 2.79. The summed E-state index contributed by atoms with van der Waals surface area (Å²) in [7, 11) is 0. The van der Waals surface area contributed by atoms with E-state index in [-0.39, 0.29) is 0 Å². The van der Waals surface area contributed by atoms with Crippen molar-refractivity contribution in [2.24, 2.45) is 0 Å². The minimum absolute atomic E-state index is 0.921. The molecule has 0 bridgehead atoms. The van der Waals surface area contributed by atoms with Crippen molar-refractivity contribution in [3.63, 3.8) is 0 Å². The summed E-state index contributed by atoms with van der Waals surface area (Å²) < 4.78 is 0. The van der Waals surface area contributed by atoms with E-state index in [4.69, 9.17) is 0 Å². The SMILES string of the molecule is CCCCc1ccc(C=O)c(CCCC)c1CCCC. The van der Waals surface area contributed by atoms with Gasteiger partial charge in [-0.3, -0.25) is 4.79 Å². The zero-order valence-electron chi connectivity index (χ0n) is 13.5. The van der Waals surface area contributed by atoms with E-state index in [1.165, 1.54) is 55.2 Å². The van der Waals surface area contributed by atoms with Gasteiger partial charge in [0.1, 0.15) is 6.29 Å². The van der Waals surface area contributed by atoms with Crippen LogP contribution in [0.1, 0.15) is 86.3 Å². The number of hydrogen-bond donors (Lipinski definition) is 0. The number of hydrogen-bond acceptors (Lipinski definition) is 1. The van der Waals surface area contributed by atoms with Gasteiger partial charge in [0.25, 0.3) is 0 Å². The molecule has 20 heavy (non-hydrogen) atoms. The lowest BCUT2D eigenvalue weighted by atomic mass is 9.88. The van der Waals surface area contributed by atoms with Crippen molar-refractivity contribution in [2.45, 2.75) is 78.6 Å². The first kappa shape index (κ1) is 16.9. The highest BCUT2D eigenvalue weighted by atomic mass is 16.1. The molecule has 0 unspecified atom stereocenters. The van der Waals surface area contributed by atoms with Crippen LogP contribution in [0.3, 0.4) is 0 Å². The van der Waals surface area contributed by atoms with Gasteiger partial charge in [-0.15, -0.1) is 0 Å². The molecule has 1 rings (SSSR count). The Labute approximate surface area is 124 Å². The van der Waals surface area contributed by atoms with Crippen molar-refractivity contribution in [1.82, 2.24) is 0 Å². The number of carbonyl (C=O) groups excluding carboxylic acids is 1. The lowest BCUT2D eigenvalue weighted by Gasteiger charge is -2.17. The first-order valence-corrected chi connectivity index (χ1v) is 8.37. The van der Waals surface area contributed by atoms with Crippen LogP contribution >= 0.6 is 0 Å². The van der Waals surface area contributed by atoms with E-state index in [2.05, 4.69) is 26.8 Å². The highest BCUT2D eigenvalue weighted by molar-refractivity contribution is 5.78. The second-order valence-electron chi connectivity index (χ2n) is 5.70. The minimum atomic E-state index is 0.921. The van der Waals surface area contributed by atoms with Gasteiger partial charge in [0.2, 0.25) is 0 Å². The van der Waals surface area contributed by atoms with Gasteiger partial charge >= 0.3 is 0 Å². The van der Waals surface area contributed by atoms with E-state index in [0.717, 1.165) is 31.1 Å². The second-order valence-corrected chi connectivity index (χ2v) is 5.70. The molecule has 0 spiro atoms. The van der Waals surface area contributed by atoms with Crippen LogP contribution in [0.5, 0.6) is 0 Å². The Morgan fingerprint density at radius 1 is 0.800 bits per heavy atom. The van der Waals surface area contributed by atoms with Gasteiger partial charge in [0.15, 0.2) is 0 Å². The Morgan fingerprint density at radius 3 is 1.90 bits per heavy atom. The zero-order chi connectivity index (χ0) is 14.8. The predicted octanol–water partition coefficient (Wildman–Crippen LogP) is 5.53. The maximum Gasteiger partial charge on any atom is 0.150 e. The summed E-state index contributed by atoms with van der Waals surface area (Å²) in [6.45, 7) is 6.69. The van der Waals surface area contributed by atoms with E-state index in [9.17, 15) is 4.79 Å². The molecule has 0 fully saturated rings. The molecule has 0 saturated heterocycles. The van der Waals surface area contributed by atoms with Crippen molar-refractivity contribution >= 4 is 6.29 Å². The van der Waals surface area contributed by atoms with Crippen molar-refractivity contribution in [3.8, 4) is 0 Å². The minimum Gasteiger partial charge on any atom is -0.298 e. The van der Waals surface area contributed by atoms with E-state index in [1.54, 1.807) is 0 Å². The van der Waals surface area contributed by atoms with E-state index in [0.29, 0.717) is 0 Å². The van der Waals surface area contributed by atoms with Gasteiger partial charge in [-0.1, -0.05) is 52.2 Å². The normalized spacial score (nSPS) is 10.8. The summed E-state index contributed by atoms with van der Waals surface area (Å²) in [5, 5.41) is 0. The highest BCUT2D eigenvalue weighted by Gasteiger charge is 2.12. The molecule has 112 valence electrons. The third-order valence-corrected chi connectivity index (χ3v) is 4.05. The summed E-state index contributed by atoms with van der Waals surface area (Å²) in [6.07, 6.45) is 11.7. The number of rotatable bonds is 10. The summed E-state index contributed by atoms with van der Waals surface area (Å²) >= 11 is 0. The Morgan fingerprint density at radius 2 is 1.35 bits per heavy atom. The van der Waals surface area contributed by atoms with E-state index in [1.807, 2.05) is 6.07 Å². The zero-order valence-corrected chi connectivity index (χ0v) is 13.5. The predicted molar refractivity (Wildman–Crippen MR) is 87.7 cm³/mol. The van der Waals surface area contributed by atoms with Crippen LogP contribution < -0.4 is 0 Å². The number of benzene rings is 1. The fourth-order valence-electron chi connectivity index (χ4n) is 2.79. The summed E-state index contributed by atoms with van der Waals surface area (Å²) in [4.78, 5) is 11.3. The maximum absolute atomic E-state index is 11.3. The van der Waals surface area contributed by atoms with Crippen molar-refractivity contribution in [2.75, 3.05) is 0 Å². The molecule has 1 aromatic carbocycles. The lowest BCUT2D eigenvalue weighted by molar-refractivity contribution is 0.112. The van der Waals surface area contributed by atoms with Gasteiger partial charge in [0, 0.05) is 5.56 Å². The van der Waals surface area contributed by atoms with Crippen LogP contribution in [0.4, 0.5) is 0 Å². The standard InChI is InChI=1S/C19H30O/c1-4-7-10-16-13-14-17(15-20)19(12-9-6-3)18(16)11-8-5-2/h13-15H,4-12H2,1-3H3. The fraction of sp³-hybridized carbons (Fsp3) is 0.632. The lowest BCUT2D eigenvalue weighted by Crippen LogP contribution is -2.05. The van der Waals surface area contributed by atoms with Crippen LogP contribution in [0.25, 0.3) is 0 Å². The second kappa shape index (κ2) is 9.74. The van der Waals surface area contributed by atoms with E-state index >= 15 is 0 Å². The molecule has 0 aliphatic carbocycles. The average Bonchev–Trinajstić information content (AvgIpc) is 2.48. The van der Waals surface area contributed by atoms with Gasteiger partial charge in [-0.2, -0.15) is 0 Å². The molecule has 0 N–H and O–H groups in total. The Hall–Kier alpha value is -1.11. The third kappa shape index (κ3) is 4.77. The first-order valence-electron chi connectivity index (χ1n) is 8.37. The van der Waals surface area contributed by atoms with Gasteiger partial charge in [-0.25, -0.2) is 0 Å². The maximum atomic E-state index is 11.3. The number of carbonyl (C=O) groups is 1. The monoisotopic (exact) mass is 274 g/mol. The summed E-state index contributed by atoms with van der Waals surface area (Å²) in [5.74, 6) is 0. The topological polar surface area (TPSA) is 17.1 Å². The Balaban J connectivity index is 3.12. The smallest absolute Gasteiger partial charge is 0.150 e. The number of unbranched alkanes of at least 4 members (excludes halogenated alkanes) is 3. The van der Waals surface area contributed by atoms with Crippen LogP contribution in [0.15, 0.2) is 12.1 Å². The summed E-state index contributed by atoms with van der Waals surface area (Å²) in [5.41, 5.74) is 5.23. The molecule has 0 aliphatic rings. The van der Waals surface area contributed by atoms with Crippen LogP contribution in [-0.2, 0) is 19.3 Å². The highest BCUT2D eigenvalue weighted by Crippen LogP contribution is 2.24. The molecular formula is C19H30O. The van der Waals surface area contributed by atoms with E-state index < -0.39 is 0 Å². The molecule has 0 saturated carbocycles. The summed E-state index contributed by atoms with van der Waals surface area (Å²) in [6, 6.07) is 4.23. The van der Waals surface area contributed by atoms with Gasteiger partial charge in [0.05, 0.1) is 0 Å². The third-order valence-electron chi connectivity index (χ3n) is 4.05. The van der Waals surface area contributed by atoms with Crippen molar-refractivity contribution < 1.29 is 4.79 Å². The molecule has 0 radical (unpaired) electrons. The first-order chi connectivity index (χ1) is 9.78. The molecule has 1 aromatic rings. The molecule has 0 atom stereocenters. The largest absolute Gasteiger partial charge is 0.298 e. The molecule has 0 amide bonds. The molecule has 1 nitrogen and oxygen atoms in total. The van der Waals surface area contributed by atoms with Gasteiger partial charge < -0.3 is 0 Å². The number of aldehydes is 1. The van der Waals surface area contributed by atoms with Gasteiger partial charge in [-0.05, 0) is 55.2 Å². The molecule has 0 heterocycles. The van der Waals surface area contributed by atoms with Crippen LogP contribution in [0, 0.1) is 0 Å². The number of aryl methyl sites for hydroxylation is 1. The quantitative estimate of drug-likeness (QED) is 0.513. The van der Waals surface area contributed by atoms with Crippen LogP contribution in [-0.4, -0.2) is 6.29 Å². The van der Waals surface area contributed by atoms with Crippen molar-refractivity contribution in [1.29, 1.82) is 0 Å². The Bertz CT molecular complexity index is 406.